The molecular formula is C21H23N5O. The second kappa shape index (κ2) is 8.31. The zero-order valence-corrected chi connectivity index (χ0v) is 15.7. The molecule has 3 aromatic rings. The molecule has 3 N–H and O–H groups in total. The fourth-order valence-corrected chi connectivity index (χ4v) is 2.63. The minimum absolute atomic E-state index is 0.0928. The lowest BCUT2D eigenvalue weighted by Gasteiger charge is -2.11. The number of nitrogens with one attached hydrogen (secondary N) is 3. The van der Waals surface area contributed by atoms with Gasteiger partial charge in [0, 0.05) is 35.7 Å². The SMILES string of the molecule is CCc1ccc(Nc2nc(C)cc(Nc3ccc(NC(C)=O)cc3)n2)cc1. The van der Waals surface area contributed by atoms with Crippen LogP contribution < -0.4 is 16.0 Å². The lowest BCUT2D eigenvalue weighted by Crippen LogP contribution is -2.05. The molecule has 2 aromatic carbocycles. The zero-order chi connectivity index (χ0) is 19.2. The van der Waals surface area contributed by atoms with Gasteiger partial charge in [0.2, 0.25) is 11.9 Å². The molecule has 0 unspecified atom stereocenters. The van der Waals surface area contributed by atoms with Gasteiger partial charge in [-0.25, -0.2) is 4.98 Å². The lowest BCUT2D eigenvalue weighted by molar-refractivity contribution is -0.114. The van der Waals surface area contributed by atoms with E-state index in [4.69, 9.17) is 0 Å². The molecule has 0 aliphatic heterocycles. The summed E-state index contributed by atoms with van der Waals surface area (Å²) in [5, 5.41) is 9.26. The summed E-state index contributed by atoms with van der Waals surface area (Å²) in [4.78, 5) is 20.1. The molecule has 3 rings (SSSR count). The Morgan fingerprint density at radius 1 is 0.889 bits per heavy atom. The molecule has 0 bridgehead atoms. The van der Waals surface area contributed by atoms with Crippen LogP contribution in [0.15, 0.2) is 54.6 Å². The molecule has 0 fully saturated rings. The van der Waals surface area contributed by atoms with Crippen LogP contribution in [0, 0.1) is 6.92 Å². The van der Waals surface area contributed by atoms with Gasteiger partial charge in [0.05, 0.1) is 0 Å². The van der Waals surface area contributed by atoms with Gasteiger partial charge in [0.1, 0.15) is 5.82 Å². The maximum atomic E-state index is 11.1. The number of aromatic nitrogens is 2. The summed E-state index contributed by atoms with van der Waals surface area (Å²) in [6, 6.07) is 17.6. The summed E-state index contributed by atoms with van der Waals surface area (Å²) in [6.45, 7) is 5.55. The molecule has 0 aliphatic carbocycles. The minimum Gasteiger partial charge on any atom is -0.340 e. The molecule has 1 heterocycles. The van der Waals surface area contributed by atoms with E-state index in [9.17, 15) is 4.79 Å². The van der Waals surface area contributed by atoms with Crippen LogP contribution in [0.4, 0.5) is 28.8 Å². The molecule has 1 aromatic heterocycles. The predicted octanol–water partition coefficient (Wildman–Crippen LogP) is 4.79. The number of hydrogen-bond acceptors (Lipinski definition) is 5. The molecule has 0 atom stereocenters. The van der Waals surface area contributed by atoms with Crippen LogP contribution in [-0.2, 0) is 11.2 Å². The minimum atomic E-state index is -0.0928. The third-order valence-electron chi connectivity index (χ3n) is 3.95. The summed E-state index contributed by atoms with van der Waals surface area (Å²) in [5.41, 5.74) is 4.72. The Morgan fingerprint density at radius 3 is 2.11 bits per heavy atom. The van der Waals surface area contributed by atoms with Crippen LogP contribution in [0.3, 0.4) is 0 Å². The van der Waals surface area contributed by atoms with Gasteiger partial charge in [-0.1, -0.05) is 19.1 Å². The fraction of sp³-hybridized carbons (Fsp3) is 0.190. The first-order chi connectivity index (χ1) is 13.0. The molecular weight excluding hydrogens is 338 g/mol. The number of hydrogen-bond donors (Lipinski definition) is 3. The highest BCUT2D eigenvalue weighted by Crippen LogP contribution is 2.21. The first-order valence-corrected chi connectivity index (χ1v) is 8.88. The molecule has 0 aliphatic rings. The number of carbonyl (C=O) groups excluding carboxylic acids is 1. The Morgan fingerprint density at radius 2 is 1.48 bits per heavy atom. The Bertz CT molecular complexity index is 920. The number of nitrogens with zero attached hydrogens (tertiary/aromatic N) is 2. The van der Waals surface area contributed by atoms with Crippen molar-refractivity contribution in [3.05, 3.63) is 65.9 Å². The summed E-state index contributed by atoms with van der Waals surface area (Å²) in [6.07, 6.45) is 1.01. The van der Waals surface area contributed by atoms with E-state index in [-0.39, 0.29) is 5.91 Å². The van der Waals surface area contributed by atoms with E-state index in [0.717, 1.165) is 29.2 Å². The van der Waals surface area contributed by atoms with Crippen LogP contribution in [0.5, 0.6) is 0 Å². The molecule has 0 radical (unpaired) electrons. The van der Waals surface area contributed by atoms with Gasteiger partial charge in [-0.05, 0) is 55.3 Å². The van der Waals surface area contributed by atoms with Gasteiger partial charge in [-0.15, -0.1) is 0 Å². The predicted molar refractivity (Wildman–Crippen MR) is 110 cm³/mol. The van der Waals surface area contributed by atoms with E-state index in [1.165, 1.54) is 12.5 Å². The molecule has 138 valence electrons. The number of anilines is 5. The highest BCUT2D eigenvalue weighted by molar-refractivity contribution is 5.88. The van der Waals surface area contributed by atoms with Gasteiger partial charge in [-0.2, -0.15) is 4.98 Å². The van der Waals surface area contributed by atoms with E-state index in [0.29, 0.717) is 11.8 Å². The topological polar surface area (TPSA) is 78.9 Å². The van der Waals surface area contributed by atoms with Crippen LogP contribution in [0.1, 0.15) is 25.1 Å². The molecule has 0 spiro atoms. The number of aryl methyl sites for hydroxylation is 2. The average Bonchev–Trinajstić information content (AvgIpc) is 2.63. The number of amides is 1. The summed E-state index contributed by atoms with van der Waals surface area (Å²) >= 11 is 0. The van der Waals surface area contributed by atoms with Gasteiger partial charge >= 0.3 is 0 Å². The van der Waals surface area contributed by atoms with Crippen molar-refractivity contribution in [1.82, 2.24) is 9.97 Å². The summed E-state index contributed by atoms with van der Waals surface area (Å²) in [5.74, 6) is 1.14. The summed E-state index contributed by atoms with van der Waals surface area (Å²) < 4.78 is 0. The van der Waals surface area contributed by atoms with Crippen molar-refractivity contribution in [2.45, 2.75) is 27.2 Å². The normalized spacial score (nSPS) is 10.3. The van der Waals surface area contributed by atoms with E-state index in [1.54, 1.807) is 0 Å². The highest BCUT2D eigenvalue weighted by atomic mass is 16.1. The number of carbonyl (C=O) groups is 1. The molecule has 0 saturated carbocycles. The van der Waals surface area contributed by atoms with Gasteiger partial charge in [-0.3, -0.25) is 4.79 Å². The quantitative estimate of drug-likeness (QED) is 0.588. The van der Waals surface area contributed by atoms with E-state index in [1.807, 2.05) is 49.4 Å². The van der Waals surface area contributed by atoms with Crippen LogP contribution in [0.25, 0.3) is 0 Å². The highest BCUT2D eigenvalue weighted by Gasteiger charge is 2.04. The zero-order valence-electron chi connectivity index (χ0n) is 15.7. The molecule has 27 heavy (non-hydrogen) atoms. The van der Waals surface area contributed by atoms with Crippen LogP contribution in [-0.4, -0.2) is 15.9 Å². The Balaban J connectivity index is 1.73. The monoisotopic (exact) mass is 361 g/mol. The second-order valence-electron chi connectivity index (χ2n) is 6.28. The Labute approximate surface area is 159 Å². The van der Waals surface area contributed by atoms with Crippen molar-refractivity contribution in [2.75, 3.05) is 16.0 Å². The van der Waals surface area contributed by atoms with Crippen molar-refractivity contribution in [1.29, 1.82) is 0 Å². The van der Waals surface area contributed by atoms with Crippen molar-refractivity contribution in [2.24, 2.45) is 0 Å². The van der Waals surface area contributed by atoms with Gasteiger partial charge in [0.25, 0.3) is 0 Å². The average molecular weight is 361 g/mol. The molecule has 6 heteroatoms. The van der Waals surface area contributed by atoms with E-state index >= 15 is 0 Å². The van der Waals surface area contributed by atoms with E-state index < -0.39 is 0 Å². The smallest absolute Gasteiger partial charge is 0.229 e. The molecule has 1 amide bonds. The first-order valence-electron chi connectivity index (χ1n) is 8.88. The number of benzene rings is 2. The maximum Gasteiger partial charge on any atom is 0.229 e. The lowest BCUT2D eigenvalue weighted by atomic mass is 10.1. The largest absolute Gasteiger partial charge is 0.340 e. The Kier molecular flexibility index (Phi) is 5.66. The molecule has 6 nitrogen and oxygen atoms in total. The third kappa shape index (κ3) is 5.28. The second-order valence-corrected chi connectivity index (χ2v) is 6.28. The van der Waals surface area contributed by atoms with Crippen molar-refractivity contribution in [3.63, 3.8) is 0 Å². The fourth-order valence-electron chi connectivity index (χ4n) is 2.63. The summed E-state index contributed by atoms with van der Waals surface area (Å²) in [7, 11) is 0. The first kappa shape index (κ1) is 18.4. The van der Waals surface area contributed by atoms with Crippen LogP contribution >= 0.6 is 0 Å². The third-order valence-corrected chi connectivity index (χ3v) is 3.95. The standard InChI is InChI=1S/C21H23N5O/c1-4-16-5-7-19(8-6-16)25-21-22-14(2)13-20(26-21)24-18-11-9-17(10-12-18)23-15(3)27/h5-13H,4H2,1-3H3,(H,23,27)(H2,22,24,25,26). The van der Waals surface area contributed by atoms with Crippen molar-refractivity contribution < 1.29 is 4.79 Å². The van der Waals surface area contributed by atoms with Gasteiger partial charge < -0.3 is 16.0 Å². The number of rotatable bonds is 6. The Hall–Kier alpha value is -3.41. The van der Waals surface area contributed by atoms with Crippen molar-refractivity contribution >= 4 is 34.7 Å². The van der Waals surface area contributed by atoms with Gasteiger partial charge in [0.15, 0.2) is 0 Å². The maximum absolute atomic E-state index is 11.1. The van der Waals surface area contributed by atoms with Crippen LogP contribution in [0.2, 0.25) is 0 Å². The molecule has 0 saturated heterocycles. The van der Waals surface area contributed by atoms with Crippen molar-refractivity contribution in [3.8, 4) is 0 Å². The van der Waals surface area contributed by atoms with E-state index in [2.05, 4.69) is 45.0 Å².